The second-order valence-electron chi connectivity index (χ2n) is 4.87. The Hall–Kier alpha value is -2.08. The Kier molecular flexibility index (Phi) is 7.99. The van der Waals surface area contributed by atoms with E-state index in [0.29, 0.717) is 49.6 Å². The average Bonchev–Trinajstić information content (AvgIpc) is 2.51. The Labute approximate surface area is 131 Å². The molecule has 1 amide bonds. The topological polar surface area (TPSA) is 90.6 Å². The van der Waals surface area contributed by atoms with E-state index in [1.807, 2.05) is 0 Å². The summed E-state index contributed by atoms with van der Waals surface area (Å²) >= 11 is 0. The van der Waals surface area contributed by atoms with Gasteiger partial charge in [0.1, 0.15) is 0 Å². The van der Waals surface area contributed by atoms with Gasteiger partial charge in [0, 0.05) is 18.5 Å². The molecule has 0 saturated carbocycles. The minimum absolute atomic E-state index is 0.00376. The number of hydrogen-bond donors (Lipinski definition) is 2. The number of carbonyl (C=O) groups is 2. The summed E-state index contributed by atoms with van der Waals surface area (Å²) < 4.78 is 10.8. The number of amides is 1. The standard InChI is InChI=1S/C16H24N2O4/c1-12(19)13-6-7-14(15(11-13)21-2)22-10-3-5-16(20)18-9-4-8-17/h6-7,11H,3-5,8-10,17H2,1-2H3,(H,18,20). The van der Waals surface area contributed by atoms with Crippen molar-refractivity contribution in [1.29, 1.82) is 0 Å². The molecule has 3 N–H and O–H groups in total. The van der Waals surface area contributed by atoms with Gasteiger partial charge in [-0.05, 0) is 44.5 Å². The molecule has 22 heavy (non-hydrogen) atoms. The molecule has 1 aromatic carbocycles. The maximum absolute atomic E-state index is 11.5. The summed E-state index contributed by atoms with van der Waals surface area (Å²) in [6.45, 7) is 3.08. The largest absolute Gasteiger partial charge is 0.493 e. The van der Waals surface area contributed by atoms with Crippen molar-refractivity contribution in [2.75, 3.05) is 26.8 Å². The Morgan fingerprint density at radius 3 is 2.64 bits per heavy atom. The summed E-state index contributed by atoms with van der Waals surface area (Å²) in [7, 11) is 1.52. The number of Topliss-reactive ketones (excluding diaryl/α,β-unsaturated/α-hetero) is 1. The molecule has 0 fully saturated rings. The predicted octanol–water partition coefficient (Wildman–Crippen LogP) is 1.52. The molecule has 0 saturated heterocycles. The van der Waals surface area contributed by atoms with Crippen LogP contribution in [0, 0.1) is 0 Å². The molecule has 0 aromatic heterocycles. The van der Waals surface area contributed by atoms with Gasteiger partial charge < -0.3 is 20.5 Å². The fourth-order valence-corrected chi connectivity index (χ4v) is 1.84. The number of hydrogen-bond acceptors (Lipinski definition) is 5. The summed E-state index contributed by atoms with van der Waals surface area (Å²) in [5.74, 6) is 1.05. The number of ketones is 1. The molecule has 1 aromatic rings. The number of nitrogens with two attached hydrogens (primary N) is 1. The van der Waals surface area contributed by atoms with Gasteiger partial charge in [-0.25, -0.2) is 0 Å². The van der Waals surface area contributed by atoms with Crippen LogP contribution in [0.5, 0.6) is 11.5 Å². The van der Waals surface area contributed by atoms with Crippen LogP contribution in [-0.4, -0.2) is 38.5 Å². The number of methoxy groups -OCH3 is 1. The van der Waals surface area contributed by atoms with Gasteiger partial charge in [-0.15, -0.1) is 0 Å². The van der Waals surface area contributed by atoms with Gasteiger partial charge in [0.05, 0.1) is 13.7 Å². The lowest BCUT2D eigenvalue weighted by Crippen LogP contribution is -2.26. The SMILES string of the molecule is COc1cc(C(C)=O)ccc1OCCCC(=O)NCCCN. The van der Waals surface area contributed by atoms with Crippen molar-refractivity contribution in [3.05, 3.63) is 23.8 Å². The lowest BCUT2D eigenvalue weighted by atomic mass is 10.1. The van der Waals surface area contributed by atoms with Gasteiger partial charge in [-0.1, -0.05) is 0 Å². The highest BCUT2D eigenvalue weighted by Crippen LogP contribution is 2.28. The van der Waals surface area contributed by atoms with Crippen molar-refractivity contribution < 1.29 is 19.1 Å². The van der Waals surface area contributed by atoms with Crippen molar-refractivity contribution in [2.24, 2.45) is 5.73 Å². The average molecular weight is 308 g/mol. The van der Waals surface area contributed by atoms with E-state index in [-0.39, 0.29) is 11.7 Å². The first-order valence-electron chi connectivity index (χ1n) is 7.37. The third-order valence-corrected chi connectivity index (χ3v) is 3.08. The molecule has 0 bridgehead atoms. The second-order valence-corrected chi connectivity index (χ2v) is 4.87. The van der Waals surface area contributed by atoms with Crippen LogP contribution in [0.1, 0.15) is 36.5 Å². The fraction of sp³-hybridized carbons (Fsp3) is 0.500. The van der Waals surface area contributed by atoms with E-state index in [0.717, 1.165) is 6.42 Å². The summed E-state index contributed by atoms with van der Waals surface area (Å²) in [4.78, 5) is 22.8. The van der Waals surface area contributed by atoms with Crippen LogP contribution >= 0.6 is 0 Å². The van der Waals surface area contributed by atoms with Crippen LogP contribution in [0.25, 0.3) is 0 Å². The predicted molar refractivity (Wildman–Crippen MR) is 84.4 cm³/mol. The van der Waals surface area contributed by atoms with E-state index in [1.165, 1.54) is 14.0 Å². The summed E-state index contributed by atoms with van der Waals surface area (Å²) in [6.07, 6.45) is 1.78. The molecule has 0 aliphatic heterocycles. The van der Waals surface area contributed by atoms with E-state index < -0.39 is 0 Å². The zero-order chi connectivity index (χ0) is 16.4. The zero-order valence-corrected chi connectivity index (χ0v) is 13.2. The van der Waals surface area contributed by atoms with Crippen LogP contribution in [-0.2, 0) is 4.79 Å². The molecule has 0 aliphatic carbocycles. The highest BCUT2D eigenvalue weighted by molar-refractivity contribution is 5.94. The van der Waals surface area contributed by atoms with Crippen molar-refractivity contribution in [1.82, 2.24) is 5.32 Å². The molecule has 0 atom stereocenters. The molecule has 0 spiro atoms. The van der Waals surface area contributed by atoms with Crippen molar-refractivity contribution >= 4 is 11.7 Å². The van der Waals surface area contributed by atoms with E-state index in [2.05, 4.69) is 5.32 Å². The first kappa shape index (κ1) is 18.0. The highest BCUT2D eigenvalue weighted by atomic mass is 16.5. The van der Waals surface area contributed by atoms with E-state index in [4.69, 9.17) is 15.2 Å². The van der Waals surface area contributed by atoms with Crippen molar-refractivity contribution in [2.45, 2.75) is 26.2 Å². The Morgan fingerprint density at radius 2 is 2.00 bits per heavy atom. The minimum Gasteiger partial charge on any atom is -0.493 e. The maximum Gasteiger partial charge on any atom is 0.220 e. The molecule has 6 heteroatoms. The summed E-state index contributed by atoms with van der Waals surface area (Å²) in [5.41, 5.74) is 5.93. The Bertz CT molecular complexity index is 503. The Morgan fingerprint density at radius 1 is 1.23 bits per heavy atom. The number of nitrogens with one attached hydrogen (secondary N) is 1. The summed E-state index contributed by atoms with van der Waals surface area (Å²) in [6, 6.07) is 5.05. The maximum atomic E-state index is 11.5. The monoisotopic (exact) mass is 308 g/mol. The summed E-state index contributed by atoms with van der Waals surface area (Å²) in [5, 5.41) is 2.79. The molecule has 6 nitrogen and oxygen atoms in total. The van der Waals surface area contributed by atoms with E-state index >= 15 is 0 Å². The lowest BCUT2D eigenvalue weighted by Gasteiger charge is -2.11. The van der Waals surface area contributed by atoms with Gasteiger partial charge in [0.2, 0.25) is 5.91 Å². The van der Waals surface area contributed by atoms with Crippen molar-refractivity contribution in [3.63, 3.8) is 0 Å². The van der Waals surface area contributed by atoms with Crippen LogP contribution in [0.4, 0.5) is 0 Å². The molecule has 0 unspecified atom stereocenters. The Balaban J connectivity index is 2.38. The third kappa shape index (κ3) is 6.13. The van der Waals surface area contributed by atoms with Gasteiger partial charge in [0.15, 0.2) is 17.3 Å². The van der Waals surface area contributed by atoms with Gasteiger partial charge in [-0.2, -0.15) is 0 Å². The van der Waals surface area contributed by atoms with Gasteiger partial charge in [0.25, 0.3) is 0 Å². The molecule has 0 radical (unpaired) electrons. The normalized spacial score (nSPS) is 10.1. The molecule has 0 heterocycles. The zero-order valence-electron chi connectivity index (χ0n) is 13.2. The first-order valence-corrected chi connectivity index (χ1v) is 7.37. The molecule has 1 rings (SSSR count). The smallest absolute Gasteiger partial charge is 0.220 e. The lowest BCUT2D eigenvalue weighted by molar-refractivity contribution is -0.121. The van der Waals surface area contributed by atoms with Crippen LogP contribution in [0.15, 0.2) is 18.2 Å². The number of benzene rings is 1. The van der Waals surface area contributed by atoms with Crippen molar-refractivity contribution in [3.8, 4) is 11.5 Å². The number of carbonyl (C=O) groups excluding carboxylic acids is 2. The fourth-order valence-electron chi connectivity index (χ4n) is 1.84. The number of rotatable bonds is 10. The van der Waals surface area contributed by atoms with E-state index in [1.54, 1.807) is 18.2 Å². The quantitative estimate of drug-likeness (QED) is 0.505. The van der Waals surface area contributed by atoms with Crippen LogP contribution < -0.4 is 20.5 Å². The number of ether oxygens (including phenoxy) is 2. The van der Waals surface area contributed by atoms with Gasteiger partial charge in [-0.3, -0.25) is 9.59 Å². The molecular weight excluding hydrogens is 284 g/mol. The van der Waals surface area contributed by atoms with Crippen LogP contribution in [0.2, 0.25) is 0 Å². The first-order chi connectivity index (χ1) is 10.6. The molecule has 122 valence electrons. The van der Waals surface area contributed by atoms with Crippen LogP contribution in [0.3, 0.4) is 0 Å². The van der Waals surface area contributed by atoms with E-state index in [9.17, 15) is 9.59 Å². The third-order valence-electron chi connectivity index (χ3n) is 3.08. The molecular formula is C16H24N2O4. The second kappa shape index (κ2) is 9.78. The minimum atomic E-state index is -0.0287. The molecule has 0 aliphatic rings. The van der Waals surface area contributed by atoms with Gasteiger partial charge >= 0.3 is 0 Å². The highest BCUT2D eigenvalue weighted by Gasteiger charge is 2.08.